The lowest BCUT2D eigenvalue weighted by Crippen LogP contribution is -2.37. The number of pyridine rings is 1. The molecule has 0 bridgehead atoms. The number of ether oxygens (including phenoxy) is 1. The summed E-state index contributed by atoms with van der Waals surface area (Å²) >= 11 is 5.97. The molecule has 0 N–H and O–H groups in total. The van der Waals surface area contributed by atoms with Crippen LogP contribution >= 0.6 is 11.6 Å². The van der Waals surface area contributed by atoms with E-state index in [1.165, 1.54) is 0 Å². The number of anilines is 1. The second-order valence-corrected chi connectivity index (χ2v) is 8.05. The third kappa shape index (κ3) is 4.49. The molecule has 1 unspecified atom stereocenters. The highest BCUT2D eigenvalue weighted by molar-refractivity contribution is 7.85. The van der Waals surface area contributed by atoms with Gasteiger partial charge in [0.1, 0.15) is 21.8 Å². The Bertz CT molecular complexity index is 552. The van der Waals surface area contributed by atoms with Gasteiger partial charge in [0.05, 0.1) is 29.9 Å². The van der Waals surface area contributed by atoms with Crippen LogP contribution < -0.4 is 4.90 Å². The first-order chi connectivity index (χ1) is 9.88. The van der Waals surface area contributed by atoms with Crippen molar-refractivity contribution in [3.8, 4) is 0 Å². The lowest BCUT2D eigenvalue weighted by Gasteiger charge is -2.29. The van der Waals surface area contributed by atoms with Crippen LogP contribution in [0.15, 0.2) is 16.5 Å². The highest BCUT2D eigenvalue weighted by Crippen LogP contribution is 2.22. The summed E-state index contributed by atoms with van der Waals surface area (Å²) in [6.07, 6.45) is 1.55. The summed E-state index contributed by atoms with van der Waals surface area (Å²) in [6, 6.07) is 3.67. The molecule has 1 aliphatic heterocycles. The van der Waals surface area contributed by atoms with E-state index < -0.39 is 15.7 Å². The summed E-state index contributed by atoms with van der Waals surface area (Å²) < 4.78 is 21.1. The monoisotopic (exact) mass is 329 g/mol. The summed E-state index contributed by atoms with van der Waals surface area (Å²) in [5.41, 5.74) is 1.58. The van der Waals surface area contributed by atoms with Gasteiger partial charge >= 0.3 is 0 Å². The number of hydrogen-bond acceptors (Lipinski definition) is 4. The van der Waals surface area contributed by atoms with Gasteiger partial charge in [0.25, 0.3) is 0 Å². The van der Waals surface area contributed by atoms with Gasteiger partial charge in [-0.25, -0.2) is 9.19 Å². The minimum absolute atomic E-state index is 0.395. The lowest BCUT2D eigenvalue weighted by atomic mass is 10.2. The normalized spacial score (nSPS) is 18.2. The third-order valence-electron chi connectivity index (χ3n) is 3.01. The van der Waals surface area contributed by atoms with Crippen molar-refractivity contribution in [2.24, 2.45) is 4.40 Å². The summed E-state index contributed by atoms with van der Waals surface area (Å²) in [6.45, 7) is 8.62. The third-order valence-corrected chi connectivity index (χ3v) is 4.57. The zero-order valence-electron chi connectivity index (χ0n) is 12.5. The molecule has 1 atom stereocenters. The van der Waals surface area contributed by atoms with Gasteiger partial charge in [0, 0.05) is 13.1 Å². The smallest absolute Gasteiger partial charge is 0.144 e. The predicted octanol–water partition coefficient (Wildman–Crippen LogP) is 2.45. The van der Waals surface area contributed by atoms with Crippen molar-refractivity contribution in [1.82, 2.24) is 4.98 Å². The SMILES string of the molecule is CC(C)(C)S(=O)N=Cc1nc(Cl)ccc1N1CCOCC1. The maximum absolute atomic E-state index is 12.0. The molecule has 1 saturated heterocycles. The van der Waals surface area contributed by atoms with E-state index in [1.54, 1.807) is 12.3 Å². The van der Waals surface area contributed by atoms with Gasteiger partial charge in [-0.15, -0.1) is 0 Å². The van der Waals surface area contributed by atoms with Crippen LogP contribution in [0.3, 0.4) is 0 Å². The van der Waals surface area contributed by atoms with Crippen molar-refractivity contribution < 1.29 is 8.95 Å². The Morgan fingerprint density at radius 3 is 2.67 bits per heavy atom. The van der Waals surface area contributed by atoms with Crippen LogP contribution in [0.1, 0.15) is 26.5 Å². The van der Waals surface area contributed by atoms with E-state index in [-0.39, 0.29) is 0 Å². The fraction of sp³-hybridized carbons (Fsp3) is 0.571. The van der Waals surface area contributed by atoms with Crippen molar-refractivity contribution in [3.05, 3.63) is 23.0 Å². The van der Waals surface area contributed by atoms with E-state index >= 15 is 0 Å². The lowest BCUT2D eigenvalue weighted by molar-refractivity contribution is 0.122. The van der Waals surface area contributed by atoms with Crippen LogP contribution in [0.2, 0.25) is 5.15 Å². The topological polar surface area (TPSA) is 54.8 Å². The van der Waals surface area contributed by atoms with E-state index in [0.29, 0.717) is 24.1 Å². The van der Waals surface area contributed by atoms with Gasteiger partial charge in [-0.1, -0.05) is 11.6 Å². The minimum Gasteiger partial charge on any atom is -0.378 e. The van der Waals surface area contributed by atoms with Gasteiger partial charge in [0.2, 0.25) is 0 Å². The number of aromatic nitrogens is 1. The molecular weight excluding hydrogens is 310 g/mol. The number of nitrogens with zero attached hydrogens (tertiary/aromatic N) is 3. The molecule has 1 aromatic rings. The maximum atomic E-state index is 12.0. The first-order valence-electron chi connectivity index (χ1n) is 6.83. The van der Waals surface area contributed by atoms with Gasteiger partial charge in [-0.2, -0.15) is 4.40 Å². The fourth-order valence-corrected chi connectivity index (χ4v) is 2.53. The van der Waals surface area contributed by atoms with Crippen molar-refractivity contribution in [3.63, 3.8) is 0 Å². The van der Waals surface area contributed by atoms with Gasteiger partial charge in [-0.05, 0) is 32.9 Å². The number of halogens is 1. The second kappa shape index (κ2) is 6.85. The molecule has 21 heavy (non-hydrogen) atoms. The van der Waals surface area contributed by atoms with Crippen LogP contribution in [0.5, 0.6) is 0 Å². The van der Waals surface area contributed by atoms with Crippen LogP contribution in [-0.4, -0.2) is 46.5 Å². The Kier molecular flexibility index (Phi) is 5.35. The maximum Gasteiger partial charge on any atom is 0.144 e. The summed E-state index contributed by atoms with van der Waals surface area (Å²) in [5.74, 6) is 0. The molecule has 0 amide bonds. The molecule has 116 valence electrons. The fourth-order valence-electron chi connectivity index (χ4n) is 1.87. The molecule has 0 aromatic carbocycles. The number of rotatable bonds is 3. The Labute approximate surface area is 133 Å². The quantitative estimate of drug-likeness (QED) is 0.631. The molecule has 1 aliphatic rings. The van der Waals surface area contributed by atoms with E-state index in [9.17, 15) is 4.21 Å². The van der Waals surface area contributed by atoms with Crippen LogP contribution in [0.25, 0.3) is 0 Å². The summed E-state index contributed by atoms with van der Waals surface area (Å²) in [5, 5.41) is 0.398. The Morgan fingerprint density at radius 1 is 1.38 bits per heavy atom. The highest BCUT2D eigenvalue weighted by Gasteiger charge is 2.19. The van der Waals surface area contributed by atoms with Crippen molar-refractivity contribution in [2.45, 2.75) is 25.5 Å². The Hall–Kier alpha value is -0.980. The zero-order valence-corrected chi connectivity index (χ0v) is 14.1. The van der Waals surface area contributed by atoms with E-state index in [1.807, 2.05) is 26.8 Å². The first kappa shape index (κ1) is 16.4. The molecule has 0 spiro atoms. The first-order valence-corrected chi connectivity index (χ1v) is 8.32. The largest absolute Gasteiger partial charge is 0.378 e. The van der Waals surface area contributed by atoms with Crippen LogP contribution in [0, 0.1) is 0 Å². The molecule has 7 heteroatoms. The van der Waals surface area contributed by atoms with Crippen LogP contribution in [0.4, 0.5) is 5.69 Å². The average molecular weight is 330 g/mol. The molecule has 5 nitrogen and oxygen atoms in total. The standard InChI is InChI=1S/C14H20ClN3O2S/c1-14(2,3)21(19)16-10-11-12(4-5-13(15)17-11)18-6-8-20-9-7-18/h4-5,10H,6-9H2,1-3H3. The molecule has 2 rings (SSSR count). The highest BCUT2D eigenvalue weighted by atomic mass is 35.5. The Morgan fingerprint density at radius 2 is 2.05 bits per heavy atom. The van der Waals surface area contributed by atoms with E-state index in [2.05, 4.69) is 14.3 Å². The molecule has 1 fully saturated rings. The molecule has 1 aromatic heterocycles. The molecular formula is C14H20ClN3O2S. The number of hydrogen-bond donors (Lipinski definition) is 0. The van der Waals surface area contributed by atoms with Gasteiger partial charge in [-0.3, -0.25) is 0 Å². The van der Waals surface area contributed by atoms with Crippen LogP contribution in [-0.2, 0) is 15.7 Å². The predicted molar refractivity (Wildman–Crippen MR) is 87.8 cm³/mol. The Balaban J connectivity index is 2.27. The molecule has 0 saturated carbocycles. The molecule has 2 heterocycles. The van der Waals surface area contributed by atoms with Gasteiger partial charge in [0.15, 0.2) is 0 Å². The average Bonchev–Trinajstić information content (AvgIpc) is 2.44. The van der Waals surface area contributed by atoms with E-state index in [0.717, 1.165) is 18.8 Å². The van der Waals surface area contributed by atoms with Crippen molar-refractivity contribution >= 4 is 34.5 Å². The zero-order chi connectivity index (χ0) is 15.5. The summed E-state index contributed by atoms with van der Waals surface area (Å²) in [4.78, 5) is 6.48. The van der Waals surface area contributed by atoms with Crippen molar-refractivity contribution in [2.75, 3.05) is 31.2 Å². The minimum atomic E-state index is -1.31. The van der Waals surface area contributed by atoms with Gasteiger partial charge < -0.3 is 9.64 Å². The number of morpholine rings is 1. The molecule has 0 aliphatic carbocycles. The van der Waals surface area contributed by atoms with E-state index in [4.69, 9.17) is 16.3 Å². The summed E-state index contributed by atoms with van der Waals surface area (Å²) in [7, 11) is -1.31. The molecule has 0 radical (unpaired) electrons. The second-order valence-electron chi connectivity index (χ2n) is 5.73. The van der Waals surface area contributed by atoms with Crippen molar-refractivity contribution in [1.29, 1.82) is 0 Å².